The van der Waals surface area contributed by atoms with Crippen LogP contribution in [0.2, 0.25) is 0 Å². The molecule has 0 unspecified atom stereocenters. The van der Waals surface area contributed by atoms with Crippen LogP contribution in [0.3, 0.4) is 0 Å². The number of halogens is 1. The highest BCUT2D eigenvalue weighted by atomic mass is 35.5. The molecule has 0 radical (unpaired) electrons. The number of carbonyl (C=O) groups is 2. The SMILES string of the molecule is Cl.NC1(C(=O)Nc2ccc(NC(=O)C3CC3)cc2)CCOCC1. The van der Waals surface area contributed by atoms with Crippen LogP contribution in [0.4, 0.5) is 11.4 Å². The summed E-state index contributed by atoms with van der Waals surface area (Å²) in [6.45, 7) is 1.02. The monoisotopic (exact) mass is 339 g/mol. The second-order valence-electron chi connectivity index (χ2n) is 6.06. The van der Waals surface area contributed by atoms with Crippen molar-refractivity contribution in [2.75, 3.05) is 23.8 Å². The Morgan fingerprint density at radius 3 is 2.09 bits per heavy atom. The summed E-state index contributed by atoms with van der Waals surface area (Å²) >= 11 is 0. The van der Waals surface area contributed by atoms with E-state index in [1.54, 1.807) is 24.3 Å². The van der Waals surface area contributed by atoms with Crippen molar-refractivity contribution in [1.82, 2.24) is 0 Å². The molecular weight excluding hydrogens is 318 g/mol. The molecule has 6 nitrogen and oxygen atoms in total. The number of anilines is 2. The van der Waals surface area contributed by atoms with Crippen molar-refractivity contribution in [2.24, 2.45) is 11.7 Å². The number of hydrogen-bond acceptors (Lipinski definition) is 4. The summed E-state index contributed by atoms with van der Waals surface area (Å²) in [6.07, 6.45) is 2.99. The lowest BCUT2D eigenvalue weighted by atomic mass is 9.90. The molecule has 0 atom stereocenters. The molecule has 1 aromatic carbocycles. The van der Waals surface area contributed by atoms with Gasteiger partial charge in [0.2, 0.25) is 11.8 Å². The Morgan fingerprint density at radius 1 is 1.04 bits per heavy atom. The molecule has 1 heterocycles. The van der Waals surface area contributed by atoms with Gasteiger partial charge in [-0.15, -0.1) is 12.4 Å². The Morgan fingerprint density at radius 2 is 1.57 bits per heavy atom. The van der Waals surface area contributed by atoms with Gasteiger partial charge in [-0.2, -0.15) is 0 Å². The van der Waals surface area contributed by atoms with Crippen molar-refractivity contribution < 1.29 is 14.3 Å². The van der Waals surface area contributed by atoms with Crippen LogP contribution in [-0.4, -0.2) is 30.6 Å². The number of amides is 2. The molecule has 7 heteroatoms. The van der Waals surface area contributed by atoms with Crippen LogP contribution in [0, 0.1) is 5.92 Å². The van der Waals surface area contributed by atoms with Gasteiger partial charge in [0.1, 0.15) is 5.54 Å². The van der Waals surface area contributed by atoms with Gasteiger partial charge in [0.25, 0.3) is 0 Å². The number of carbonyl (C=O) groups excluding carboxylic acids is 2. The molecule has 0 aromatic heterocycles. The molecule has 1 saturated carbocycles. The summed E-state index contributed by atoms with van der Waals surface area (Å²) in [5, 5.41) is 5.70. The molecule has 1 aliphatic carbocycles. The Kier molecular flexibility index (Phi) is 5.62. The van der Waals surface area contributed by atoms with Gasteiger partial charge in [-0.25, -0.2) is 0 Å². The van der Waals surface area contributed by atoms with Crippen molar-refractivity contribution in [2.45, 2.75) is 31.2 Å². The fraction of sp³-hybridized carbons (Fsp3) is 0.500. The first-order valence-corrected chi connectivity index (χ1v) is 7.66. The summed E-state index contributed by atoms with van der Waals surface area (Å²) < 4.78 is 5.24. The fourth-order valence-corrected chi connectivity index (χ4v) is 2.45. The lowest BCUT2D eigenvalue weighted by molar-refractivity contribution is -0.124. The second-order valence-corrected chi connectivity index (χ2v) is 6.06. The van der Waals surface area contributed by atoms with E-state index in [1.807, 2.05) is 0 Å². The van der Waals surface area contributed by atoms with E-state index in [1.165, 1.54) is 0 Å². The van der Waals surface area contributed by atoms with Crippen molar-refractivity contribution >= 4 is 35.6 Å². The minimum absolute atomic E-state index is 0. The zero-order chi connectivity index (χ0) is 15.6. The van der Waals surface area contributed by atoms with Crippen molar-refractivity contribution in [3.63, 3.8) is 0 Å². The third kappa shape index (κ3) is 4.43. The molecule has 2 fully saturated rings. The molecule has 2 amide bonds. The fourth-order valence-electron chi connectivity index (χ4n) is 2.45. The average molecular weight is 340 g/mol. The number of nitrogens with two attached hydrogens (primary N) is 1. The Hall–Kier alpha value is -1.63. The van der Waals surface area contributed by atoms with Gasteiger partial charge < -0.3 is 21.1 Å². The van der Waals surface area contributed by atoms with Gasteiger partial charge in [0, 0.05) is 30.5 Å². The zero-order valence-electron chi connectivity index (χ0n) is 12.8. The summed E-state index contributed by atoms with van der Waals surface area (Å²) in [5.41, 5.74) is 6.68. The third-order valence-electron chi connectivity index (χ3n) is 4.20. The first-order chi connectivity index (χ1) is 10.6. The molecule has 126 valence electrons. The molecule has 1 aromatic rings. The number of hydrogen-bond donors (Lipinski definition) is 3. The maximum absolute atomic E-state index is 12.3. The van der Waals surface area contributed by atoms with Gasteiger partial charge >= 0.3 is 0 Å². The molecule has 1 aliphatic heterocycles. The normalized spacial score (nSPS) is 19.3. The highest BCUT2D eigenvalue weighted by Crippen LogP contribution is 2.30. The van der Waals surface area contributed by atoms with E-state index in [2.05, 4.69) is 10.6 Å². The van der Waals surface area contributed by atoms with E-state index < -0.39 is 5.54 Å². The molecule has 3 rings (SSSR count). The summed E-state index contributed by atoms with van der Waals surface area (Å²) in [7, 11) is 0. The van der Waals surface area contributed by atoms with E-state index in [0.29, 0.717) is 31.7 Å². The van der Waals surface area contributed by atoms with Crippen LogP contribution in [0.15, 0.2) is 24.3 Å². The minimum atomic E-state index is -0.864. The van der Waals surface area contributed by atoms with E-state index >= 15 is 0 Å². The maximum Gasteiger partial charge on any atom is 0.244 e. The Balaban J connectivity index is 0.00000192. The van der Waals surface area contributed by atoms with Crippen molar-refractivity contribution in [3.05, 3.63) is 24.3 Å². The number of nitrogens with one attached hydrogen (secondary N) is 2. The largest absolute Gasteiger partial charge is 0.381 e. The number of rotatable bonds is 4. The van der Waals surface area contributed by atoms with Crippen LogP contribution in [0.5, 0.6) is 0 Å². The number of ether oxygens (including phenoxy) is 1. The van der Waals surface area contributed by atoms with Crippen LogP contribution in [0.1, 0.15) is 25.7 Å². The van der Waals surface area contributed by atoms with Crippen LogP contribution >= 0.6 is 12.4 Å². The van der Waals surface area contributed by atoms with Crippen molar-refractivity contribution in [3.8, 4) is 0 Å². The Labute approximate surface area is 141 Å². The van der Waals surface area contributed by atoms with E-state index in [9.17, 15) is 9.59 Å². The second kappa shape index (κ2) is 7.29. The lowest BCUT2D eigenvalue weighted by Gasteiger charge is -2.31. The quantitative estimate of drug-likeness (QED) is 0.781. The molecule has 4 N–H and O–H groups in total. The molecule has 23 heavy (non-hydrogen) atoms. The third-order valence-corrected chi connectivity index (χ3v) is 4.20. The van der Waals surface area contributed by atoms with E-state index in [0.717, 1.165) is 18.5 Å². The average Bonchev–Trinajstić information content (AvgIpc) is 3.35. The van der Waals surface area contributed by atoms with Gasteiger partial charge in [0.15, 0.2) is 0 Å². The van der Waals surface area contributed by atoms with E-state index in [4.69, 9.17) is 10.5 Å². The molecular formula is C16H22ClN3O3. The molecule has 2 aliphatic rings. The Bertz CT molecular complexity index is 566. The van der Waals surface area contributed by atoms with Crippen LogP contribution < -0.4 is 16.4 Å². The van der Waals surface area contributed by atoms with Gasteiger partial charge in [-0.1, -0.05) is 0 Å². The lowest BCUT2D eigenvalue weighted by Crippen LogP contribution is -2.54. The van der Waals surface area contributed by atoms with Gasteiger partial charge in [-0.05, 0) is 49.9 Å². The first-order valence-electron chi connectivity index (χ1n) is 7.66. The summed E-state index contributed by atoms with van der Waals surface area (Å²) in [5.74, 6) is 0.0514. The topological polar surface area (TPSA) is 93.5 Å². The van der Waals surface area contributed by atoms with Crippen LogP contribution in [-0.2, 0) is 14.3 Å². The minimum Gasteiger partial charge on any atom is -0.381 e. The van der Waals surface area contributed by atoms with Crippen LogP contribution in [0.25, 0.3) is 0 Å². The summed E-state index contributed by atoms with van der Waals surface area (Å²) in [6, 6.07) is 7.10. The predicted octanol–water partition coefficient (Wildman–Crippen LogP) is 1.90. The predicted molar refractivity (Wildman–Crippen MR) is 90.6 cm³/mol. The maximum atomic E-state index is 12.3. The highest BCUT2D eigenvalue weighted by molar-refractivity contribution is 5.98. The molecule has 0 bridgehead atoms. The number of benzene rings is 1. The zero-order valence-corrected chi connectivity index (χ0v) is 13.7. The highest BCUT2D eigenvalue weighted by Gasteiger charge is 2.36. The first kappa shape index (κ1) is 17.7. The summed E-state index contributed by atoms with van der Waals surface area (Å²) in [4.78, 5) is 24.0. The standard InChI is InChI=1S/C16H21N3O3.ClH/c17-16(7-9-22-10-8-16)15(21)19-13-5-3-12(4-6-13)18-14(20)11-1-2-11;/h3-6,11H,1-2,7-10,17H2,(H,18,20)(H,19,21);1H. The molecule has 1 saturated heterocycles. The smallest absolute Gasteiger partial charge is 0.244 e. The van der Waals surface area contributed by atoms with Gasteiger partial charge in [0.05, 0.1) is 0 Å². The van der Waals surface area contributed by atoms with Crippen molar-refractivity contribution in [1.29, 1.82) is 0 Å². The van der Waals surface area contributed by atoms with E-state index in [-0.39, 0.29) is 30.1 Å². The van der Waals surface area contributed by atoms with Gasteiger partial charge in [-0.3, -0.25) is 9.59 Å². The molecule has 0 spiro atoms.